The van der Waals surface area contributed by atoms with Gasteiger partial charge in [0.05, 0.1) is 17.4 Å². The number of carboxylic acid groups (broad SMARTS) is 1. The molecular weight excluding hydrogens is 507 g/mol. The van der Waals surface area contributed by atoms with Crippen molar-refractivity contribution in [2.24, 2.45) is 5.92 Å². The van der Waals surface area contributed by atoms with Gasteiger partial charge in [0.25, 0.3) is 0 Å². The van der Waals surface area contributed by atoms with E-state index in [1.807, 2.05) is 56.3 Å². The highest BCUT2D eigenvalue weighted by atomic mass is 19.4. The van der Waals surface area contributed by atoms with E-state index in [1.54, 1.807) is 6.07 Å². The Morgan fingerprint density at radius 1 is 1.03 bits per heavy atom. The number of carbonyl (C=O) groups is 1. The van der Waals surface area contributed by atoms with Crippen LogP contribution in [0.2, 0.25) is 0 Å². The lowest BCUT2D eigenvalue weighted by Crippen LogP contribution is -2.49. The van der Waals surface area contributed by atoms with Crippen molar-refractivity contribution >= 4 is 5.97 Å². The normalized spacial score (nSPS) is 15.2. The van der Waals surface area contributed by atoms with Gasteiger partial charge < -0.3 is 9.63 Å². The Morgan fingerprint density at radius 2 is 1.74 bits per heavy atom. The molecule has 4 aromatic rings. The highest BCUT2D eigenvalue weighted by Gasteiger charge is 2.33. The third kappa shape index (κ3) is 6.04. The number of hydrogen-bond acceptors (Lipinski definition) is 5. The van der Waals surface area contributed by atoms with Gasteiger partial charge in [-0.15, -0.1) is 0 Å². The number of rotatable bonds is 8. The first-order chi connectivity index (χ1) is 18.6. The SMILES string of the molecule is Cc1ccc(CC(c2cccc(C(F)(F)F)c2)c2nc(-c3ccc(CN4CC(C(=O)O)C4)cc3)no2)cc1C. The lowest BCUT2D eigenvalue weighted by molar-refractivity contribution is -0.147. The second-order valence-corrected chi connectivity index (χ2v) is 10.2. The van der Waals surface area contributed by atoms with Crippen molar-refractivity contribution in [3.63, 3.8) is 0 Å². The van der Waals surface area contributed by atoms with Gasteiger partial charge in [0, 0.05) is 25.2 Å². The number of aryl methyl sites for hydroxylation is 2. The third-order valence-electron chi connectivity index (χ3n) is 7.29. The summed E-state index contributed by atoms with van der Waals surface area (Å²) >= 11 is 0. The van der Waals surface area contributed by atoms with Crippen LogP contribution in [0, 0.1) is 19.8 Å². The first-order valence-corrected chi connectivity index (χ1v) is 12.7. The second kappa shape index (κ2) is 10.6. The summed E-state index contributed by atoms with van der Waals surface area (Å²) < 4.78 is 46.1. The summed E-state index contributed by atoms with van der Waals surface area (Å²) in [6.45, 7) is 5.72. The molecule has 3 aromatic carbocycles. The Bertz CT molecular complexity index is 1470. The molecule has 39 heavy (non-hydrogen) atoms. The zero-order chi connectivity index (χ0) is 27.7. The number of hydrogen-bond donors (Lipinski definition) is 1. The Labute approximate surface area is 224 Å². The molecule has 1 saturated heterocycles. The van der Waals surface area contributed by atoms with Gasteiger partial charge in [0.1, 0.15) is 0 Å². The van der Waals surface area contributed by atoms with E-state index < -0.39 is 23.6 Å². The standard InChI is InChI=1S/C30H28F3N3O3/c1-18-6-7-21(12-19(18)2)13-26(23-4-3-5-25(14-23)30(31,32)33)28-34-27(35-39-28)22-10-8-20(9-11-22)15-36-16-24(17-36)29(37)38/h3-12,14,24,26H,13,15-17H2,1-2H3,(H,37,38). The zero-order valence-electron chi connectivity index (χ0n) is 21.6. The van der Waals surface area contributed by atoms with E-state index in [1.165, 1.54) is 6.07 Å². The molecule has 1 N–H and O–H groups in total. The van der Waals surface area contributed by atoms with E-state index in [4.69, 9.17) is 9.63 Å². The van der Waals surface area contributed by atoms with Gasteiger partial charge in [-0.2, -0.15) is 18.2 Å². The van der Waals surface area contributed by atoms with E-state index in [9.17, 15) is 18.0 Å². The predicted octanol–water partition coefficient (Wildman–Crippen LogP) is 6.26. The number of alkyl halides is 3. The minimum Gasteiger partial charge on any atom is -0.481 e. The maximum atomic E-state index is 13.5. The number of carboxylic acids is 1. The van der Waals surface area contributed by atoms with Crippen molar-refractivity contribution in [2.75, 3.05) is 13.1 Å². The van der Waals surface area contributed by atoms with Crippen LogP contribution in [0.15, 0.2) is 71.3 Å². The summed E-state index contributed by atoms with van der Waals surface area (Å²) in [5, 5.41) is 13.2. The van der Waals surface area contributed by atoms with Gasteiger partial charge in [0.2, 0.25) is 11.7 Å². The van der Waals surface area contributed by atoms with E-state index >= 15 is 0 Å². The molecule has 1 atom stereocenters. The molecular formula is C30H28F3N3O3. The molecule has 6 nitrogen and oxygen atoms in total. The van der Waals surface area contributed by atoms with Crippen LogP contribution in [0.1, 0.15) is 45.2 Å². The number of aliphatic carboxylic acids is 1. The third-order valence-corrected chi connectivity index (χ3v) is 7.29. The van der Waals surface area contributed by atoms with E-state index in [-0.39, 0.29) is 11.8 Å². The van der Waals surface area contributed by atoms with Crippen LogP contribution in [-0.4, -0.2) is 39.2 Å². The lowest BCUT2D eigenvalue weighted by atomic mass is 9.89. The predicted molar refractivity (Wildman–Crippen MR) is 139 cm³/mol. The average Bonchev–Trinajstić information content (AvgIpc) is 3.36. The quantitative estimate of drug-likeness (QED) is 0.287. The summed E-state index contributed by atoms with van der Waals surface area (Å²) in [7, 11) is 0. The zero-order valence-corrected chi connectivity index (χ0v) is 21.6. The number of nitrogens with zero attached hydrogens (tertiary/aromatic N) is 3. The number of benzene rings is 3. The van der Waals surface area contributed by atoms with Gasteiger partial charge in [-0.1, -0.05) is 65.8 Å². The molecule has 0 saturated carbocycles. The molecule has 0 aliphatic carbocycles. The minimum absolute atomic E-state index is 0.243. The molecule has 1 unspecified atom stereocenters. The molecule has 0 radical (unpaired) electrons. The molecule has 0 bridgehead atoms. The minimum atomic E-state index is -4.46. The summed E-state index contributed by atoms with van der Waals surface area (Å²) in [4.78, 5) is 17.7. The largest absolute Gasteiger partial charge is 0.481 e. The van der Waals surface area contributed by atoms with Crippen molar-refractivity contribution in [1.29, 1.82) is 0 Å². The summed E-state index contributed by atoms with van der Waals surface area (Å²) in [6.07, 6.45) is -4.07. The van der Waals surface area contributed by atoms with Crippen molar-refractivity contribution in [3.05, 3.63) is 106 Å². The maximum absolute atomic E-state index is 13.5. The summed E-state index contributed by atoms with van der Waals surface area (Å²) in [6, 6.07) is 18.8. The summed E-state index contributed by atoms with van der Waals surface area (Å²) in [5.41, 5.74) is 4.66. The van der Waals surface area contributed by atoms with Gasteiger partial charge in [0.15, 0.2) is 0 Å². The molecule has 0 spiro atoms. The fourth-order valence-corrected chi connectivity index (χ4v) is 4.81. The van der Waals surface area contributed by atoms with Crippen LogP contribution in [0.3, 0.4) is 0 Å². The Kier molecular flexibility index (Phi) is 7.27. The lowest BCUT2D eigenvalue weighted by Gasteiger charge is -2.36. The van der Waals surface area contributed by atoms with Crippen LogP contribution in [0.5, 0.6) is 0 Å². The summed E-state index contributed by atoms with van der Waals surface area (Å²) in [5.74, 6) is -1.05. The molecule has 9 heteroatoms. The van der Waals surface area contributed by atoms with Crippen LogP contribution in [-0.2, 0) is 23.9 Å². The maximum Gasteiger partial charge on any atom is 0.416 e. The molecule has 1 aliphatic rings. The topological polar surface area (TPSA) is 79.5 Å². The smallest absolute Gasteiger partial charge is 0.416 e. The van der Waals surface area contributed by atoms with Gasteiger partial charge in [-0.05, 0) is 54.2 Å². The molecule has 1 aliphatic heterocycles. The number of halogens is 3. The first kappa shape index (κ1) is 26.6. The van der Waals surface area contributed by atoms with Crippen molar-refractivity contribution < 1.29 is 27.6 Å². The monoisotopic (exact) mass is 535 g/mol. The van der Waals surface area contributed by atoms with Crippen LogP contribution >= 0.6 is 0 Å². The van der Waals surface area contributed by atoms with Crippen LogP contribution < -0.4 is 0 Å². The van der Waals surface area contributed by atoms with Crippen molar-refractivity contribution in [3.8, 4) is 11.4 Å². The van der Waals surface area contributed by atoms with Crippen molar-refractivity contribution in [2.45, 2.75) is 38.9 Å². The van der Waals surface area contributed by atoms with E-state index in [0.717, 1.165) is 39.9 Å². The Morgan fingerprint density at radius 3 is 2.41 bits per heavy atom. The van der Waals surface area contributed by atoms with Gasteiger partial charge >= 0.3 is 12.1 Å². The molecule has 2 heterocycles. The number of aromatic nitrogens is 2. The molecule has 5 rings (SSSR count). The van der Waals surface area contributed by atoms with E-state index in [0.29, 0.717) is 37.4 Å². The molecule has 1 aromatic heterocycles. The Balaban J connectivity index is 1.39. The molecule has 0 amide bonds. The Hall–Kier alpha value is -3.98. The fraction of sp³-hybridized carbons (Fsp3) is 0.300. The number of likely N-dealkylation sites (tertiary alicyclic amines) is 1. The molecule has 202 valence electrons. The highest BCUT2D eigenvalue weighted by Crippen LogP contribution is 2.35. The first-order valence-electron chi connectivity index (χ1n) is 12.7. The van der Waals surface area contributed by atoms with Crippen LogP contribution in [0.25, 0.3) is 11.4 Å². The van der Waals surface area contributed by atoms with E-state index in [2.05, 4.69) is 15.0 Å². The fourth-order valence-electron chi connectivity index (χ4n) is 4.81. The highest BCUT2D eigenvalue weighted by molar-refractivity contribution is 5.71. The van der Waals surface area contributed by atoms with Gasteiger partial charge in [-0.25, -0.2) is 0 Å². The van der Waals surface area contributed by atoms with Gasteiger partial charge in [-0.3, -0.25) is 9.69 Å². The van der Waals surface area contributed by atoms with Crippen molar-refractivity contribution in [1.82, 2.24) is 15.0 Å². The second-order valence-electron chi connectivity index (χ2n) is 10.2. The average molecular weight is 536 g/mol. The molecule has 1 fully saturated rings. The van der Waals surface area contributed by atoms with Crippen LogP contribution in [0.4, 0.5) is 13.2 Å².